The molecule has 0 bridgehead atoms. The largest absolute Gasteiger partial charge is 0.378 e. The van der Waals surface area contributed by atoms with Gasteiger partial charge in [-0.2, -0.15) is 5.26 Å². The first-order valence-corrected chi connectivity index (χ1v) is 7.17. The van der Waals surface area contributed by atoms with Gasteiger partial charge >= 0.3 is 0 Å². The van der Waals surface area contributed by atoms with Crippen LogP contribution in [0.3, 0.4) is 0 Å². The second-order valence-electron chi connectivity index (χ2n) is 5.18. The Kier molecular flexibility index (Phi) is 3.62. The van der Waals surface area contributed by atoms with E-state index >= 15 is 0 Å². The fourth-order valence-electron chi connectivity index (χ4n) is 2.44. The maximum Gasteiger partial charge on any atom is 0.101 e. The lowest BCUT2D eigenvalue weighted by molar-refractivity contribution is 0.679. The van der Waals surface area contributed by atoms with Crippen LogP contribution in [0.25, 0.3) is 0 Å². The molecular weight excluding hydrogens is 268 g/mol. The number of anilines is 1. The van der Waals surface area contributed by atoms with Gasteiger partial charge in [0.15, 0.2) is 0 Å². The second-order valence-corrected chi connectivity index (χ2v) is 5.58. The molecule has 1 aliphatic carbocycles. The molecule has 1 atom stereocenters. The van der Waals surface area contributed by atoms with Crippen molar-refractivity contribution >= 4 is 17.3 Å². The highest BCUT2D eigenvalue weighted by atomic mass is 35.5. The van der Waals surface area contributed by atoms with E-state index in [0.717, 1.165) is 5.69 Å². The summed E-state index contributed by atoms with van der Waals surface area (Å²) in [6.45, 7) is 0. The average Bonchev–Trinajstić information content (AvgIpc) is 3.32. The van der Waals surface area contributed by atoms with E-state index in [9.17, 15) is 0 Å². The monoisotopic (exact) mass is 282 g/mol. The fourth-order valence-corrected chi connectivity index (χ4v) is 2.60. The Morgan fingerprint density at radius 1 is 1.15 bits per heavy atom. The molecule has 3 heteroatoms. The molecule has 2 aromatic rings. The molecule has 2 nitrogen and oxygen atoms in total. The summed E-state index contributed by atoms with van der Waals surface area (Å²) in [5.74, 6) is 0.679. The molecule has 0 radical (unpaired) electrons. The first-order chi connectivity index (χ1) is 9.78. The van der Waals surface area contributed by atoms with E-state index < -0.39 is 0 Å². The van der Waals surface area contributed by atoms with Crippen LogP contribution in [0, 0.1) is 17.2 Å². The smallest absolute Gasteiger partial charge is 0.101 e. The summed E-state index contributed by atoms with van der Waals surface area (Å²) in [4.78, 5) is 0. The lowest BCUT2D eigenvalue weighted by atomic mass is 10.0. The van der Waals surface area contributed by atoms with Gasteiger partial charge in [0, 0.05) is 5.69 Å². The zero-order chi connectivity index (χ0) is 13.9. The summed E-state index contributed by atoms with van der Waals surface area (Å²) in [7, 11) is 0. The number of nitrogens with zero attached hydrogens (tertiary/aromatic N) is 1. The molecule has 0 amide bonds. The molecule has 1 unspecified atom stereocenters. The Balaban J connectivity index is 1.86. The lowest BCUT2D eigenvalue weighted by Crippen LogP contribution is -2.12. The van der Waals surface area contributed by atoms with Gasteiger partial charge in [0.05, 0.1) is 16.6 Å². The van der Waals surface area contributed by atoms with Crippen LogP contribution in [0.5, 0.6) is 0 Å². The highest BCUT2D eigenvalue weighted by Gasteiger charge is 2.32. The summed E-state index contributed by atoms with van der Waals surface area (Å²) in [5, 5.41) is 13.1. The van der Waals surface area contributed by atoms with Gasteiger partial charge in [0.2, 0.25) is 0 Å². The Morgan fingerprint density at radius 3 is 2.55 bits per heavy atom. The maximum atomic E-state index is 9.05. The Bertz CT molecular complexity index is 642. The Morgan fingerprint density at radius 2 is 1.90 bits per heavy atom. The van der Waals surface area contributed by atoms with Gasteiger partial charge < -0.3 is 5.32 Å². The Hall–Kier alpha value is -1.98. The van der Waals surface area contributed by atoms with Crippen molar-refractivity contribution in [1.82, 2.24) is 0 Å². The minimum Gasteiger partial charge on any atom is -0.378 e. The molecule has 1 N–H and O–H groups in total. The van der Waals surface area contributed by atoms with Crippen molar-refractivity contribution in [1.29, 1.82) is 5.26 Å². The van der Waals surface area contributed by atoms with Gasteiger partial charge in [-0.1, -0.05) is 41.9 Å². The molecule has 0 heterocycles. The molecule has 1 fully saturated rings. The number of nitrogens with one attached hydrogen (secondary N) is 1. The minimum atomic E-state index is 0.309. The second kappa shape index (κ2) is 5.56. The van der Waals surface area contributed by atoms with E-state index in [0.29, 0.717) is 22.5 Å². The average molecular weight is 283 g/mol. The van der Waals surface area contributed by atoms with Crippen molar-refractivity contribution < 1.29 is 0 Å². The molecule has 100 valence electrons. The van der Waals surface area contributed by atoms with Gasteiger partial charge in [-0.25, -0.2) is 0 Å². The summed E-state index contributed by atoms with van der Waals surface area (Å²) in [6, 6.07) is 18.4. The van der Waals surface area contributed by atoms with Crippen LogP contribution in [0.1, 0.15) is 30.0 Å². The third kappa shape index (κ3) is 2.79. The molecule has 0 saturated heterocycles. The van der Waals surface area contributed by atoms with E-state index in [1.807, 2.05) is 18.2 Å². The molecule has 1 saturated carbocycles. The van der Waals surface area contributed by atoms with Gasteiger partial charge in [-0.15, -0.1) is 0 Å². The molecule has 0 aromatic heterocycles. The maximum absolute atomic E-state index is 9.05. The highest BCUT2D eigenvalue weighted by molar-refractivity contribution is 6.31. The Labute approximate surface area is 124 Å². The zero-order valence-corrected chi connectivity index (χ0v) is 11.8. The van der Waals surface area contributed by atoms with Crippen molar-refractivity contribution in [3.63, 3.8) is 0 Å². The van der Waals surface area contributed by atoms with Crippen LogP contribution in [0.4, 0.5) is 5.69 Å². The summed E-state index contributed by atoms with van der Waals surface area (Å²) < 4.78 is 0. The molecule has 3 rings (SSSR count). The van der Waals surface area contributed by atoms with E-state index in [1.54, 1.807) is 6.07 Å². The number of rotatable bonds is 4. The third-order valence-electron chi connectivity index (χ3n) is 3.66. The van der Waals surface area contributed by atoms with Crippen LogP contribution >= 0.6 is 11.6 Å². The van der Waals surface area contributed by atoms with Crippen molar-refractivity contribution in [2.75, 3.05) is 5.32 Å². The number of hydrogen-bond acceptors (Lipinski definition) is 2. The first-order valence-electron chi connectivity index (χ1n) is 6.79. The lowest BCUT2D eigenvalue weighted by Gasteiger charge is -2.20. The summed E-state index contributed by atoms with van der Waals surface area (Å²) in [6.07, 6.45) is 2.51. The van der Waals surface area contributed by atoms with Crippen LogP contribution < -0.4 is 5.32 Å². The summed E-state index contributed by atoms with van der Waals surface area (Å²) in [5.41, 5.74) is 2.76. The highest BCUT2D eigenvalue weighted by Crippen LogP contribution is 2.43. The van der Waals surface area contributed by atoms with Crippen molar-refractivity contribution in [3.05, 3.63) is 64.7 Å². The van der Waals surface area contributed by atoms with E-state index in [4.69, 9.17) is 16.9 Å². The zero-order valence-electron chi connectivity index (χ0n) is 11.0. The van der Waals surface area contributed by atoms with Gasteiger partial charge in [0.1, 0.15) is 6.07 Å². The number of hydrogen-bond donors (Lipinski definition) is 1. The topological polar surface area (TPSA) is 35.8 Å². The van der Waals surface area contributed by atoms with Crippen LogP contribution in [0.2, 0.25) is 5.02 Å². The van der Waals surface area contributed by atoms with Crippen molar-refractivity contribution in [2.45, 2.75) is 18.9 Å². The van der Waals surface area contributed by atoms with Gasteiger partial charge in [-0.05, 0) is 42.5 Å². The van der Waals surface area contributed by atoms with E-state index in [1.165, 1.54) is 18.4 Å². The van der Waals surface area contributed by atoms with Crippen molar-refractivity contribution in [2.24, 2.45) is 5.92 Å². The first kappa shape index (κ1) is 13.0. The van der Waals surface area contributed by atoms with Crippen LogP contribution in [0.15, 0.2) is 48.5 Å². The molecule has 20 heavy (non-hydrogen) atoms. The quantitative estimate of drug-likeness (QED) is 0.876. The SMILES string of the molecule is N#Cc1cc(NC(c2ccccc2)C2CC2)ccc1Cl. The summed E-state index contributed by atoms with van der Waals surface area (Å²) >= 11 is 5.97. The van der Waals surface area contributed by atoms with E-state index in [2.05, 4.69) is 35.7 Å². The normalized spacial score (nSPS) is 15.4. The third-order valence-corrected chi connectivity index (χ3v) is 3.99. The minimum absolute atomic E-state index is 0.309. The van der Waals surface area contributed by atoms with Gasteiger partial charge in [0.25, 0.3) is 0 Å². The predicted octanol–water partition coefficient (Wildman–Crippen LogP) is 4.77. The van der Waals surface area contributed by atoms with Gasteiger partial charge in [-0.3, -0.25) is 0 Å². The number of nitriles is 1. The number of halogens is 1. The standard InChI is InChI=1S/C17H15ClN2/c18-16-9-8-15(10-14(16)11-19)20-17(13-6-7-13)12-4-2-1-3-5-12/h1-5,8-10,13,17,20H,6-7H2. The van der Waals surface area contributed by atoms with Crippen molar-refractivity contribution in [3.8, 4) is 6.07 Å². The van der Waals surface area contributed by atoms with Crippen LogP contribution in [-0.4, -0.2) is 0 Å². The molecule has 2 aromatic carbocycles. The fraction of sp³-hybridized carbons (Fsp3) is 0.235. The molecule has 1 aliphatic rings. The predicted molar refractivity (Wildman–Crippen MR) is 81.7 cm³/mol. The molecular formula is C17H15ClN2. The van der Waals surface area contributed by atoms with Crippen LogP contribution in [-0.2, 0) is 0 Å². The molecule has 0 aliphatic heterocycles. The van der Waals surface area contributed by atoms with E-state index in [-0.39, 0.29) is 0 Å². The number of benzene rings is 2. The molecule has 0 spiro atoms.